The zero-order valence-electron chi connectivity index (χ0n) is 70.7. The molecule has 10 nitrogen and oxygen atoms in total. The molecular weight excluding hydrogens is 1630 g/mol. The molecule has 2 N–H and O–H groups in total. The average molecular weight is 1750 g/mol. The molecule has 12 rings (SSSR count). The number of hydrogen-bond donors (Lipinski definition) is 2. The lowest BCUT2D eigenvalue weighted by Gasteiger charge is -2.31. The van der Waals surface area contributed by atoms with Crippen LogP contribution in [0.3, 0.4) is 0 Å². The van der Waals surface area contributed by atoms with E-state index in [1.54, 1.807) is 45.3 Å². The van der Waals surface area contributed by atoms with Crippen LogP contribution in [0.4, 0.5) is 0 Å². The highest BCUT2D eigenvalue weighted by molar-refractivity contribution is 7.38. The number of hydrogen-bond acceptors (Lipinski definition) is 18. The molecule has 22 heteroatoms. The Labute approximate surface area is 713 Å². The summed E-state index contributed by atoms with van der Waals surface area (Å²) < 4.78 is 45.5. The van der Waals surface area contributed by atoms with Crippen LogP contribution in [0.1, 0.15) is 149 Å². The molecule has 6 atom stereocenters. The van der Waals surface area contributed by atoms with Gasteiger partial charge in [0.15, 0.2) is 0 Å². The molecule has 8 aromatic heterocycles. The largest absolute Gasteiger partial charge is 0.493 e. The van der Waals surface area contributed by atoms with Crippen LogP contribution in [-0.4, -0.2) is 94.1 Å². The predicted octanol–water partition coefficient (Wildman–Crippen LogP) is 25.6. The lowest BCUT2D eigenvalue weighted by Crippen LogP contribution is -2.34. The van der Waals surface area contributed by atoms with Gasteiger partial charge in [0.1, 0.15) is 34.2 Å². The molecule has 0 spiro atoms. The Morgan fingerprint density at radius 1 is 0.316 bits per heavy atom. The van der Waals surface area contributed by atoms with Gasteiger partial charge in [-0.1, -0.05) is 232 Å². The highest BCUT2D eigenvalue weighted by Gasteiger charge is 2.46. The number of benzene rings is 4. The van der Waals surface area contributed by atoms with Crippen LogP contribution in [0.25, 0.3) is 57.8 Å². The summed E-state index contributed by atoms with van der Waals surface area (Å²) in [5.74, 6) is 4.01. The van der Waals surface area contributed by atoms with Crippen molar-refractivity contribution in [3.63, 3.8) is 0 Å². The molecule has 608 valence electrons. The summed E-state index contributed by atoms with van der Waals surface area (Å²) in [6.07, 6.45) is 4.09. The van der Waals surface area contributed by atoms with Gasteiger partial charge in [-0.15, -0.1) is 90.7 Å². The van der Waals surface area contributed by atoms with Crippen molar-refractivity contribution in [2.75, 3.05) is 39.6 Å². The molecule has 0 aliphatic heterocycles. The first-order valence-electron chi connectivity index (χ1n) is 40.3. The van der Waals surface area contributed by atoms with Crippen LogP contribution in [0, 0.1) is 23.7 Å². The van der Waals surface area contributed by atoms with E-state index in [0.29, 0.717) is 74.4 Å². The minimum absolute atomic E-state index is 0.299. The number of carbonyl (C=O) groups excluding carboxylic acids is 2. The molecule has 0 radical (unpaired) electrons. The van der Waals surface area contributed by atoms with Crippen LogP contribution >= 0.6 is 90.7 Å². The molecule has 0 bridgehead atoms. The zero-order chi connectivity index (χ0) is 82.6. The van der Waals surface area contributed by atoms with E-state index in [1.807, 2.05) is 134 Å². The maximum atomic E-state index is 14.6. The van der Waals surface area contributed by atoms with Gasteiger partial charge in [-0.2, -0.15) is 0 Å². The van der Waals surface area contributed by atoms with E-state index in [2.05, 4.69) is 182 Å². The monoisotopic (exact) mass is 1750 g/mol. The Morgan fingerprint density at radius 3 is 0.737 bits per heavy atom. The van der Waals surface area contributed by atoms with Gasteiger partial charge in [0.05, 0.1) is 121 Å². The normalized spacial score (nSPS) is 14.4. The third-order valence-electron chi connectivity index (χ3n) is 21.0. The van der Waals surface area contributed by atoms with Gasteiger partial charge in [0.25, 0.3) is 0 Å². The summed E-state index contributed by atoms with van der Waals surface area (Å²) >= 11 is 13.6. The molecule has 2 unspecified atom stereocenters. The number of ether oxygens (including phenoxy) is 6. The maximum Gasteiger partial charge on any atom is 0.341 e. The number of thiophene rings is 8. The second-order valence-electron chi connectivity index (χ2n) is 34.5. The number of carbonyl (C=O) groups is 2. The van der Waals surface area contributed by atoms with Gasteiger partial charge in [0, 0.05) is 30.6 Å². The minimum atomic E-state index is -1.76. The highest BCUT2D eigenvalue weighted by atomic mass is 32.1. The summed E-state index contributed by atoms with van der Waals surface area (Å²) in [5.41, 5.74) is 2.28. The fraction of sp³-hybridized carbons (Fsp3) is 0.413. The smallest absolute Gasteiger partial charge is 0.341 e. The van der Waals surface area contributed by atoms with Gasteiger partial charge < -0.3 is 38.6 Å². The summed E-state index contributed by atoms with van der Waals surface area (Å²) in [7, 11) is -6.52. The highest BCUT2D eigenvalue weighted by Crippen LogP contribution is 2.60. The van der Waals surface area contributed by atoms with Gasteiger partial charge in [-0.05, 0) is 151 Å². The molecule has 0 aliphatic rings. The Kier molecular flexibility index (Phi) is 28.8. The summed E-state index contributed by atoms with van der Waals surface area (Å²) in [5, 5.41) is 29.1. The van der Waals surface area contributed by atoms with Crippen molar-refractivity contribution in [2.45, 2.75) is 185 Å². The van der Waals surface area contributed by atoms with Crippen LogP contribution in [0.5, 0.6) is 23.0 Å². The van der Waals surface area contributed by atoms with Crippen molar-refractivity contribution in [3.05, 3.63) is 190 Å². The Bertz CT molecular complexity index is 4780. The Hall–Kier alpha value is -6.07. The second kappa shape index (κ2) is 37.1. The van der Waals surface area contributed by atoms with Gasteiger partial charge in [0.2, 0.25) is 0 Å². The molecule has 0 fully saturated rings. The van der Waals surface area contributed by atoms with Crippen LogP contribution in [0.15, 0.2) is 146 Å². The molecular formula is C92H116O10S8Si4. The fourth-order valence-corrected chi connectivity index (χ4v) is 30.9. The number of rotatable bonds is 34. The molecule has 114 heavy (non-hydrogen) atoms. The van der Waals surface area contributed by atoms with Crippen molar-refractivity contribution >= 4 is 172 Å². The van der Waals surface area contributed by atoms with Crippen molar-refractivity contribution in [3.8, 4) is 62.0 Å². The van der Waals surface area contributed by atoms with E-state index in [-0.39, 0.29) is 11.9 Å². The third-order valence-corrected chi connectivity index (χ3v) is 45.6. The first-order chi connectivity index (χ1) is 54.0. The van der Waals surface area contributed by atoms with E-state index in [4.69, 9.17) is 28.4 Å². The lowest BCUT2D eigenvalue weighted by molar-refractivity contribution is 0.0519. The van der Waals surface area contributed by atoms with E-state index >= 15 is 0 Å². The van der Waals surface area contributed by atoms with E-state index in [0.717, 1.165) is 140 Å². The van der Waals surface area contributed by atoms with Crippen LogP contribution < -0.4 is 36.9 Å². The lowest BCUT2D eigenvalue weighted by atomic mass is 9.78. The molecule has 4 aromatic carbocycles. The predicted molar refractivity (Wildman–Crippen MR) is 506 cm³/mol. The summed E-state index contributed by atoms with van der Waals surface area (Å²) in [6, 6.07) is 50.1. The third kappa shape index (κ3) is 19.6. The van der Waals surface area contributed by atoms with Crippen LogP contribution in [-0.2, 0) is 20.7 Å². The van der Waals surface area contributed by atoms with Gasteiger partial charge in [-0.3, -0.25) is 0 Å². The zero-order valence-corrected chi connectivity index (χ0v) is 81.2. The maximum absolute atomic E-state index is 14.6. The average Bonchev–Trinajstić information content (AvgIpc) is 1.51. The van der Waals surface area contributed by atoms with Gasteiger partial charge in [-0.25, -0.2) is 9.59 Å². The molecule has 0 saturated carbocycles. The van der Waals surface area contributed by atoms with Crippen molar-refractivity contribution < 1.29 is 48.2 Å². The van der Waals surface area contributed by atoms with Crippen molar-refractivity contribution in [2.24, 2.45) is 23.7 Å². The first-order valence-corrected chi connectivity index (χ1v) is 60.9. The SMILES string of the molecule is CCOC(=O)c1c(-c2ccc([Si](C)(C)C)s2)sc2c(C(=O)OCC)c(-c3ccc([Si](C)(C)C)s3)sc12.CC[C@@H](C)COc1ccc(C(O)(c2ccc(OC[C@@H](C)CC)cc2)c2c(-c3ccc([Si](C)(C)C)s3)sc3c(C(O)(c4ccc(OC[C@H](C)CC)cc4)c4ccc(OC[C@@H](C)CC)cc4)c(-c4ccc([Si](C)(C)C)s4)sc23)cc1. The fourth-order valence-electron chi connectivity index (χ4n) is 13.0. The molecule has 0 saturated heterocycles. The number of fused-ring (bicyclic) bond motifs is 2. The quantitative estimate of drug-likeness (QED) is 0.0297. The van der Waals surface area contributed by atoms with E-state index in [1.165, 1.54) is 40.7 Å². The van der Waals surface area contributed by atoms with Crippen LogP contribution in [0.2, 0.25) is 78.6 Å². The summed E-state index contributed by atoms with van der Waals surface area (Å²) in [4.78, 5) is 34.6. The standard InChI is InChI=1S/C66H84O6S4Si2.C26H32O4S4Si2/c1-15-43(5)39-69-51-27-19-47(20-28-51)65(67,48-21-29-52(30-22-48)70-40-44(6)16-2)59-61(55-35-37-57(73-55)77(9,10)11)75-64-60(62(76-63(59)64)56-36-38-58(74-56)78(12,13)14)66(68,49-23-31-53(32-24-49)71-41-45(7)17-3)50-25-33-54(34-26-50)72-42-46(8)18-4;1-9-29-25(27)19-21(15-11-13-17(31-15)35(3,4)5)33-24-20(26(28)30-10-2)22(34-23(19)24)16-12-14-18(32-16)36(6,7)8/h19-38,43-46,67-68H,15-18,39-42H2,1-14H3;11-14H,9-10H2,1-8H3/t43-,44+,45-,46+,65?,66?;. The number of esters is 2. The van der Waals surface area contributed by atoms with Crippen molar-refractivity contribution in [1.82, 2.24) is 0 Å². The Balaban J connectivity index is 0.000000296. The van der Waals surface area contributed by atoms with E-state index in [9.17, 15) is 19.8 Å². The Morgan fingerprint density at radius 2 is 0.535 bits per heavy atom. The molecule has 0 amide bonds. The van der Waals surface area contributed by atoms with Crippen molar-refractivity contribution in [1.29, 1.82) is 0 Å². The number of aliphatic hydroxyl groups is 2. The molecule has 8 heterocycles. The first kappa shape index (κ1) is 88.7. The molecule has 0 aliphatic carbocycles. The molecule has 12 aromatic rings. The second-order valence-corrected chi connectivity index (χ2v) is 64.5. The summed E-state index contributed by atoms with van der Waals surface area (Å²) in [6.45, 7) is 52.5. The van der Waals surface area contributed by atoms with E-state index < -0.39 is 43.5 Å². The van der Waals surface area contributed by atoms with Gasteiger partial charge >= 0.3 is 11.9 Å². The minimum Gasteiger partial charge on any atom is -0.493 e. The topological polar surface area (TPSA) is 130 Å².